The fourth-order valence-electron chi connectivity index (χ4n) is 3.23. The van der Waals surface area contributed by atoms with Crippen molar-refractivity contribution in [1.29, 1.82) is 0 Å². The maximum atomic E-state index is 12.6. The highest BCUT2D eigenvalue weighted by molar-refractivity contribution is 7.89. The summed E-state index contributed by atoms with van der Waals surface area (Å²) < 4.78 is 31.8. The summed E-state index contributed by atoms with van der Waals surface area (Å²) in [6.07, 6.45) is 1.43. The molecule has 1 N–H and O–H groups in total. The van der Waals surface area contributed by atoms with Gasteiger partial charge < -0.3 is 9.84 Å². The highest BCUT2D eigenvalue weighted by Gasteiger charge is 2.29. The number of benzene rings is 1. The molecule has 26 heavy (non-hydrogen) atoms. The molecule has 0 bridgehead atoms. The van der Waals surface area contributed by atoms with Gasteiger partial charge in [-0.1, -0.05) is 23.4 Å². The molecule has 3 rings (SSSR count). The molecular weight excluding hydrogens is 354 g/mol. The van der Waals surface area contributed by atoms with Gasteiger partial charge >= 0.3 is 0 Å². The van der Waals surface area contributed by atoms with E-state index in [9.17, 15) is 13.2 Å². The lowest BCUT2D eigenvalue weighted by molar-refractivity contribution is 0.0939. The van der Waals surface area contributed by atoms with Crippen molar-refractivity contribution in [2.75, 3.05) is 19.6 Å². The van der Waals surface area contributed by atoms with Gasteiger partial charge in [0.2, 0.25) is 10.0 Å². The van der Waals surface area contributed by atoms with Crippen molar-refractivity contribution in [1.82, 2.24) is 14.8 Å². The van der Waals surface area contributed by atoms with Gasteiger partial charge in [-0.25, -0.2) is 8.42 Å². The van der Waals surface area contributed by atoms with Crippen molar-refractivity contribution in [3.8, 4) is 0 Å². The summed E-state index contributed by atoms with van der Waals surface area (Å²) in [5.41, 5.74) is 1.05. The van der Waals surface area contributed by atoms with Crippen LogP contribution in [0.1, 0.15) is 34.7 Å². The van der Waals surface area contributed by atoms with Crippen LogP contribution in [0, 0.1) is 19.8 Å². The Bertz CT molecular complexity index is 850. The Kier molecular flexibility index (Phi) is 5.43. The molecule has 1 aliphatic rings. The van der Waals surface area contributed by atoms with E-state index in [2.05, 4.69) is 10.5 Å². The fraction of sp³-hybridized carbons (Fsp3) is 0.444. The number of sulfonamides is 1. The van der Waals surface area contributed by atoms with Gasteiger partial charge in [-0.2, -0.15) is 4.31 Å². The zero-order valence-electron chi connectivity index (χ0n) is 14.9. The van der Waals surface area contributed by atoms with Crippen molar-refractivity contribution in [3.05, 3.63) is 47.3 Å². The molecule has 8 heteroatoms. The van der Waals surface area contributed by atoms with Gasteiger partial charge in [0.15, 0.2) is 0 Å². The molecule has 0 spiro atoms. The first-order chi connectivity index (χ1) is 12.4. The summed E-state index contributed by atoms with van der Waals surface area (Å²) in [5.74, 6) is 0.561. The van der Waals surface area contributed by atoms with E-state index in [1.54, 1.807) is 44.2 Å². The van der Waals surface area contributed by atoms with Crippen LogP contribution >= 0.6 is 0 Å². The number of nitrogens with zero attached hydrogens (tertiary/aromatic N) is 2. The summed E-state index contributed by atoms with van der Waals surface area (Å²) in [6, 6.07) is 8.48. The van der Waals surface area contributed by atoms with Crippen molar-refractivity contribution in [2.45, 2.75) is 31.6 Å². The van der Waals surface area contributed by atoms with E-state index in [4.69, 9.17) is 4.52 Å². The first kappa shape index (κ1) is 18.6. The number of rotatable bonds is 5. The molecule has 1 aromatic heterocycles. The first-order valence-electron chi connectivity index (χ1n) is 8.66. The maximum absolute atomic E-state index is 12.6. The number of hydrogen-bond acceptors (Lipinski definition) is 5. The minimum Gasteiger partial charge on any atom is -0.361 e. The highest BCUT2D eigenvalue weighted by atomic mass is 32.2. The summed E-state index contributed by atoms with van der Waals surface area (Å²) in [5, 5.41) is 6.70. The average Bonchev–Trinajstić information content (AvgIpc) is 2.99. The van der Waals surface area contributed by atoms with E-state index in [-0.39, 0.29) is 11.8 Å². The zero-order valence-corrected chi connectivity index (χ0v) is 15.8. The number of piperidine rings is 1. The van der Waals surface area contributed by atoms with E-state index in [0.29, 0.717) is 54.4 Å². The monoisotopic (exact) mass is 377 g/mol. The molecule has 7 nitrogen and oxygen atoms in total. The van der Waals surface area contributed by atoms with E-state index in [1.807, 2.05) is 0 Å². The van der Waals surface area contributed by atoms with Crippen LogP contribution in [0.25, 0.3) is 0 Å². The van der Waals surface area contributed by atoms with Crippen LogP contribution in [-0.2, 0) is 10.0 Å². The molecule has 1 aromatic carbocycles. The summed E-state index contributed by atoms with van der Waals surface area (Å²) >= 11 is 0. The molecule has 0 unspecified atom stereocenters. The molecule has 1 fully saturated rings. The Morgan fingerprint density at radius 3 is 2.46 bits per heavy atom. The SMILES string of the molecule is Cc1noc(C)c1C(=O)NCC1CCN(S(=O)(=O)c2ccccc2)CC1. The minimum atomic E-state index is -3.44. The Labute approximate surface area is 153 Å². The van der Waals surface area contributed by atoms with Gasteiger partial charge in [-0.15, -0.1) is 0 Å². The lowest BCUT2D eigenvalue weighted by atomic mass is 9.98. The Hall–Kier alpha value is -2.19. The minimum absolute atomic E-state index is 0.194. The second-order valence-electron chi connectivity index (χ2n) is 6.57. The Morgan fingerprint density at radius 2 is 1.88 bits per heavy atom. The molecule has 140 valence electrons. The smallest absolute Gasteiger partial charge is 0.256 e. The van der Waals surface area contributed by atoms with Crippen molar-refractivity contribution < 1.29 is 17.7 Å². The molecular formula is C18H23N3O4S. The number of carbonyl (C=O) groups excluding carboxylic acids is 1. The van der Waals surface area contributed by atoms with Crippen LogP contribution in [0.5, 0.6) is 0 Å². The summed E-state index contributed by atoms with van der Waals surface area (Å²) in [4.78, 5) is 12.6. The third kappa shape index (κ3) is 3.81. The molecule has 0 saturated carbocycles. The summed E-state index contributed by atoms with van der Waals surface area (Å²) in [7, 11) is -3.44. The van der Waals surface area contributed by atoms with Crippen LogP contribution in [0.4, 0.5) is 0 Å². The second kappa shape index (κ2) is 7.59. The van der Waals surface area contributed by atoms with Gasteiger partial charge in [0.05, 0.1) is 10.6 Å². The quantitative estimate of drug-likeness (QED) is 0.862. The van der Waals surface area contributed by atoms with E-state index >= 15 is 0 Å². The predicted molar refractivity (Wildman–Crippen MR) is 96.2 cm³/mol. The van der Waals surface area contributed by atoms with Crippen LogP contribution in [0.2, 0.25) is 0 Å². The lowest BCUT2D eigenvalue weighted by Gasteiger charge is -2.31. The highest BCUT2D eigenvalue weighted by Crippen LogP contribution is 2.23. The maximum Gasteiger partial charge on any atom is 0.256 e. The molecule has 0 aliphatic carbocycles. The molecule has 0 radical (unpaired) electrons. The number of aromatic nitrogens is 1. The Morgan fingerprint density at radius 1 is 1.23 bits per heavy atom. The zero-order chi connectivity index (χ0) is 18.7. The molecule has 2 heterocycles. The van der Waals surface area contributed by atoms with Crippen molar-refractivity contribution in [2.24, 2.45) is 5.92 Å². The van der Waals surface area contributed by atoms with Gasteiger partial charge in [0, 0.05) is 19.6 Å². The molecule has 1 amide bonds. The van der Waals surface area contributed by atoms with Crippen LogP contribution < -0.4 is 5.32 Å². The van der Waals surface area contributed by atoms with Crippen LogP contribution in [0.3, 0.4) is 0 Å². The Balaban J connectivity index is 1.54. The van der Waals surface area contributed by atoms with Crippen molar-refractivity contribution in [3.63, 3.8) is 0 Å². The van der Waals surface area contributed by atoms with E-state index in [1.165, 1.54) is 4.31 Å². The topological polar surface area (TPSA) is 92.5 Å². The molecule has 2 aromatic rings. The number of carbonyl (C=O) groups is 1. The number of aryl methyl sites for hydroxylation is 2. The number of hydrogen-bond donors (Lipinski definition) is 1. The largest absolute Gasteiger partial charge is 0.361 e. The predicted octanol–water partition coefficient (Wildman–Crippen LogP) is 2.12. The standard InChI is InChI=1S/C18H23N3O4S/c1-13-17(14(2)25-20-13)18(22)19-12-15-8-10-21(11-9-15)26(23,24)16-6-4-3-5-7-16/h3-7,15H,8-12H2,1-2H3,(H,19,22). The van der Waals surface area contributed by atoms with E-state index < -0.39 is 10.0 Å². The van der Waals surface area contributed by atoms with Crippen LogP contribution in [0.15, 0.2) is 39.8 Å². The number of nitrogens with one attached hydrogen (secondary N) is 1. The number of amides is 1. The van der Waals surface area contributed by atoms with E-state index in [0.717, 1.165) is 0 Å². The molecule has 1 aliphatic heterocycles. The van der Waals surface area contributed by atoms with Crippen molar-refractivity contribution >= 4 is 15.9 Å². The lowest BCUT2D eigenvalue weighted by Crippen LogP contribution is -2.41. The third-order valence-corrected chi connectivity index (χ3v) is 6.68. The average molecular weight is 377 g/mol. The van der Waals surface area contributed by atoms with Gasteiger partial charge in [-0.05, 0) is 44.7 Å². The van der Waals surface area contributed by atoms with Gasteiger partial charge in [0.1, 0.15) is 11.3 Å². The normalized spacial score (nSPS) is 16.5. The second-order valence-corrected chi connectivity index (χ2v) is 8.51. The summed E-state index contributed by atoms with van der Waals surface area (Å²) in [6.45, 7) is 4.88. The third-order valence-electron chi connectivity index (χ3n) is 4.77. The fourth-order valence-corrected chi connectivity index (χ4v) is 4.72. The first-order valence-corrected chi connectivity index (χ1v) is 10.1. The molecule has 0 atom stereocenters. The molecule has 1 saturated heterocycles. The van der Waals surface area contributed by atoms with Gasteiger partial charge in [-0.3, -0.25) is 4.79 Å². The van der Waals surface area contributed by atoms with Crippen LogP contribution in [-0.4, -0.2) is 43.4 Å². The van der Waals surface area contributed by atoms with Gasteiger partial charge in [0.25, 0.3) is 5.91 Å².